The van der Waals surface area contributed by atoms with Gasteiger partial charge in [-0.15, -0.1) is 0 Å². The highest BCUT2D eigenvalue weighted by Crippen LogP contribution is 2.23. The summed E-state index contributed by atoms with van der Waals surface area (Å²) in [5.41, 5.74) is 14.4. The largest absolute Gasteiger partial charge is 0.443 e. The normalized spacial score (nSPS) is 14.2. The molecule has 1 atom stereocenters. The van der Waals surface area contributed by atoms with Crippen LogP contribution in [0.1, 0.15) is 31.9 Å². The topological polar surface area (TPSA) is 78.1 Å². The average molecular weight is 219 g/mol. The molecule has 0 amide bonds. The Kier molecular flexibility index (Phi) is 2.69. The van der Waals surface area contributed by atoms with Crippen molar-refractivity contribution in [3.8, 4) is 0 Å². The summed E-state index contributed by atoms with van der Waals surface area (Å²) in [6, 6.07) is 5.74. The number of benzene rings is 1. The van der Waals surface area contributed by atoms with E-state index in [1.54, 1.807) is 0 Å². The maximum atomic E-state index is 6.10. The summed E-state index contributed by atoms with van der Waals surface area (Å²) < 4.78 is 5.24. The minimum absolute atomic E-state index is 0.0745. The third-order valence-electron chi connectivity index (χ3n) is 2.53. The van der Waals surface area contributed by atoms with E-state index in [1.807, 2.05) is 32.0 Å². The first-order valence-corrected chi connectivity index (χ1v) is 5.33. The second-order valence-corrected chi connectivity index (χ2v) is 4.88. The summed E-state index contributed by atoms with van der Waals surface area (Å²) in [6.07, 6.45) is 2.17. The molecule has 16 heavy (non-hydrogen) atoms. The van der Waals surface area contributed by atoms with Gasteiger partial charge in [-0.05, 0) is 38.0 Å². The van der Waals surface area contributed by atoms with Crippen LogP contribution in [-0.4, -0.2) is 10.5 Å². The van der Waals surface area contributed by atoms with Gasteiger partial charge in [0.2, 0.25) is 0 Å². The summed E-state index contributed by atoms with van der Waals surface area (Å²) in [5, 5.41) is 0. The number of hydrogen-bond acceptors (Lipinski definition) is 4. The van der Waals surface area contributed by atoms with Crippen molar-refractivity contribution in [1.29, 1.82) is 0 Å². The third-order valence-corrected chi connectivity index (χ3v) is 2.53. The van der Waals surface area contributed by atoms with Crippen LogP contribution in [0.25, 0.3) is 11.1 Å². The van der Waals surface area contributed by atoms with E-state index in [1.165, 1.54) is 6.39 Å². The molecule has 2 aromatic rings. The quantitative estimate of drug-likeness (QED) is 0.827. The molecule has 1 heterocycles. The molecule has 0 aliphatic carbocycles. The molecule has 1 aromatic carbocycles. The fourth-order valence-electron chi connectivity index (χ4n) is 1.79. The lowest BCUT2D eigenvalue weighted by Gasteiger charge is -2.23. The molecular formula is C12H17N3O. The molecule has 0 spiro atoms. The Hall–Kier alpha value is -1.39. The van der Waals surface area contributed by atoms with Gasteiger partial charge < -0.3 is 15.9 Å². The zero-order valence-electron chi connectivity index (χ0n) is 9.60. The van der Waals surface area contributed by atoms with E-state index >= 15 is 0 Å². The second kappa shape index (κ2) is 3.88. The van der Waals surface area contributed by atoms with Gasteiger partial charge in [0.25, 0.3) is 0 Å². The molecule has 4 heteroatoms. The highest BCUT2D eigenvalue weighted by molar-refractivity contribution is 5.72. The van der Waals surface area contributed by atoms with Crippen LogP contribution in [0.15, 0.2) is 29.0 Å². The van der Waals surface area contributed by atoms with Crippen LogP contribution in [0.5, 0.6) is 0 Å². The van der Waals surface area contributed by atoms with Crippen molar-refractivity contribution >= 4 is 11.1 Å². The molecule has 0 aliphatic heterocycles. The number of nitrogens with two attached hydrogens (primary N) is 2. The Labute approximate surface area is 94.6 Å². The molecule has 0 fully saturated rings. The van der Waals surface area contributed by atoms with E-state index < -0.39 is 0 Å². The van der Waals surface area contributed by atoms with E-state index in [0.29, 0.717) is 0 Å². The van der Waals surface area contributed by atoms with Gasteiger partial charge in [0.1, 0.15) is 5.52 Å². The maximum Gasteiger partial charge on any atom is 0.181 e. The van der Waals surface area contributed by atoms with Crippen molar-refractivity contribution in [3.05, 3.63) is 30.2 Å². The molecule has 0 radical (unpaired) electrons. The van der Waals surface area contributed by atoms with Crippen LogP contribution in [0.4, 0.5) is 0 Å². The zero-order chi connectivity index (χ0) is 11.8. The molecule has 4 N–H and O–H groups in total. The third kappa shape index (κ3) is 2.40. The van der Waals surface area contributed by atoms with Crippen LogP contribution in [0.2, 0.25) is 0 Å². The molecule has 1 unspecified atom stereocenters. The van der Waals surface area contributed by atoms with Crippen LogP contribution >= 0.6 is 0 Å². The van der Waals surface area contributed by atoms with Crippen molar-refractivity contribution in [2.24, 2.45) is 11.5 Å². The van der Waals surface area contributed by atoms with Gasteiger partial charge in [-0.25, -0.2) is 4.98 Å². The fraction of sp³-hybridized carbons (Fsp3) is 0.417. The van der Waals surface area contributed by atoms with Gasteiger partial charge >= 0.3 is 0 Å². The van der Waals surface area contributed by atoms with Crippen LogP contribution < -0.4 is 11.5 Å². The summed E-state index contributed by atoms with van der Waals surface area (Å²) in [5.74, 6) is 0. The Morgan fingerprint density at radius 2 is 2.19 bits per heavy atom. The van der Waals surface area contributed by atoms with Crippen molar-refractivity contribution in [3.63, 3.8) is 0 Å². The predicted molar refractivity (Wildman–Crippen MR) is 63.8 cm³/mol. The number of fused-ring (bicyclic) bond motifs is 1. The first-order valence-electron chi connectivity index (χ1n) is 5.33. The molecule has 1 aromatic heterocycles. The first kappa shape index (κ1) is 11.1. The number of aromatic nitrogens is 1. The molecular weight excluding hydrogens is 202 g/mol. The van der Waals surface area contributed by atoms with Crippen LogP contribution in [-0.2, 0) is 0 Å². The van der Waals surface area contributed by atoms with Gasteiger partial charge in [-0.3, -0.25) is 0 Å². The standard InChI is InChI=1S/C12H17N3O/c1-12(2,14)6-9(13)8-3-4-10-11(5-8)16-7-15-10/h3-5,7,9H,6,13-14H2,1-2H3. The highest BCUT2D eigenvalue weighted by atomic mass is 16.3. The fourth-order valence-corrected chi connectivity index (χ4v) is 1.79. The Morgan fingerprint density at radius 3 is 2.88 bits per heavy atom. The Balaban J connectivity index is 2.25. The SMILES string of the molecule is CC(C)(N)CC(N)c1ccc2ncoc2c1. The maximum absolute atomic E-state index is 6.10. The van der Waals surface area contributed by atoms with Crippen LogP contribution in [0, 0.1) is 0 Å². The molecule has 2 rings (SSSR count). The molecule has 86 valence electrons. The zero-order valence-corrected chi connectivity index (χ0v) is 9.60. The number of rotatable bonds is 3. The van der Waals surface area contributed by atoms with E-state index in [-0.39, 0.29) is 11.6 Å². The molecule has 0 aliphatic rings. The average Bonchev–Trinajstić information content (AvgIpc) is 2.61. The van der Waals surface area contributed by atoms with Gasteiger partial charge in [0, 0.05) is 11.6 Å². The predicted octanol–water partition coefficient (Wildman–Crippen LogP) is 1.95. The van der Waals surface area contributed by atoms with Crippen LogP contribution in [0.3, 0.4) is 0 Å². The Bertz CT molecular complexity index is 484. The lowest BCUT2D eigenvalue weighted by molar-refractivity contribution is 0.429. The second-order valence-electron chi connectivity index (χ2n) is 4.88. The van der Waals surface area contributed by atoms with Gasteiger partial charge in [0.05, 0.1) is 0 Å². The summed E-state index contributed by atoms with van der Waals surface area (Å²) >= 11 is 0. The smallest absolute Gasteiger partial charge is 0.181 e. The van der Waals surface area contributed by atoms with E-state index in [4.69, 9.17) is 15.9 Å². The number of oxazole rings is 1. The minimum Gasteiger partial charge on any atom is -0.443 e. The van der Waals surface area contributed by atoms with E-state index in [0.717, 1.165) is 23.1 Å². The first-order chi connectivity index (χ1) is 7.46. The molecule has 0 saturated carbocycles. The lowest BCUT2D eigenvalue weighted by Crippen LogP contribution is -2.35. The van der Waals surface area contributed by atoms with Crippen molar-refractivity contribution in [2.45, 2.75) is 31.8 Å². The number of hydrogen-bond donors (Lipinski definition) is 2. The van der Waals surface area contributed by atoms with Crippen molar-refractivity contribution < 1.29 is 4.42 Å². The summed E-state index contributed by atoms with van der Waals surface area (Å²) in [7, 11) is 0. The van der Waals surface area contributed by atoms with Gasteiger partial charge in [-0.1, -0.05) is 6.07 Å². The monoisotopic (exact) mass is 219 g/mol. The molecule has 0 saturated heterocycles. The lowest BCUT2D eigenvalue weighted by atomic mass is 9.92. The summed E-state index contributed by atoms with van der Waals surface area (Å²) in [6.45, 7) is 3.94. The van der Waals surface area contributed by atoms with Gasteiger partial charge in [0.15, 0.2) is 12.0 Å². The van der Waals surface area contributed by atoms with E-state index in [2.05, 4.69) is 4.98 Å². The van der Waals surface area contributed by atoms with Crippen molar-refractivity contribution in [1.82, 2.24) is 4.98 Å². The van der Waals surface area contributed by atoms with Crippen molar-refractivity contribution in [2.75, 3.05) is 0 Å². The number of nitrogens with zero attached hydrogens (tertiary/aromatic N) is 1. The molecule has 0 bridgehead atoms. The van der Waals surface area contributed by atoms with Gasteiger partial charge in [-0.2, -0.15) is 0 Å². The minimum atomic E-state index is -0.268. The highest BCUT2D eigenvalue weighted by Gasteiger charge is 2.17. The Morgan fingerprint density at radius 1 is 1.44 bits per heavy atom. The molecule has 4 nitrogen and oxygen atoms in total. The summed E-state index contributed by atoms with van der Waals surface area (Å²) in [4.78, 5) is 4.06. The van der Waals surface area contributed by atoms with E-state index in [9.17, 15) is 0 Å².